The Morgan fingerprint density at radius 2 is 1.57 bits per heavy atom. The molecule has 3 aromatic rings. The van der Waals surface area contributed by atoms with Crippen LogP contribution in [0.15, 0.2) is 65.8 Å². The molecular weight excluding hydrogens is 458 g/mol. The van der Waals surface area contributed by atoms with Gasteiger partial charge in [0.05, 0.1) is 38.0 Å². The number of hydrazone groups is 1. The van der Waals surface area contributed by atoms with E-state index in [0.29, 0.717) is 22.8 Å². The van der Waals surface area contributed by atoms with Crippen molar-refractivity contribution in [3.63, 3.8) is 0 Å². The Morgan fingerprint density at radius 3 is 2.14 bits per heavy atom. The predicted molar refractivity (Wildman–Crippen MR) is 126 cm³/mol. The van der Waals surface area contributed by atoms with Crippen LogP contribution in [0, 0.1) is 10.1 Å². The van der Waals surface area contributed by atoms with Crippen molar-refractivity contribution in [2.45, 2.75) is 0 Å². The van der Waals surface area contributed by atoms with Crippen LogP contribution in [0.3, 0.4) is 0 Å². The van der Waals surface area contributed by atoms with E-state index in [4.69, 9.17) is 18.9 Å². The van der Waals surface area contributed by atoms with E-state index in [-0.39, 0.29) is 22.6 Å². The third-order valence-electron chi connectivity index (χ3n) is 4.69. The summed E-state index contributed by atoms with van der Waals surface area (Å²) in [5, 5.41) is 14.7. The van der Waals surface area contributed by atoms with Crippen molar-refractivity contribution in [1.29, 1.82) is 0 Å². The molecule has 180 valence electrons. The van der Waals surface area contributed by atoms with E-state index < -0.39 is 16.8 Å². The molecule has 0 heterocycles. The third kappa shape index (κ3) is 6.11. The predicted octanol–water partition coefficient (Wildman–Crippen LogP) is 3.60. The Morgan fingerprint density at radius 1 is 0.914 bits per heavy atom. The first-order chi connectivity index (χ1) is 16.9. The second-order valence-corrected chi connectivity index (χ2v) is 6.88. The fraction of sp³-hybridized carbons (Fsp3) is 0.125. The number of nitrogens with zero attached hydrogens (tertiary/aromatic N) is 2. The van der Waals surface area contributed by atoms with Crippen molar-refractivity contribution in [3.8, 4) is 23.0 Å². The van der Waals surface area contributed by atoms with Gasteiger partial charge in [-0.2, -0.15) is 5.10 Å². The van der Waals surface area contributed by atoms with E-state index in [1.54, 1.807) is 24.3 Å². The standard InChI is InChI=1S/C24H21N3O8/c1-32-20-12-17(13-21(33-2)22(20)34-3)23(28)26-25-14-15-5-4-6-19(11-15)35-24(29)16-7-9-18(10-8-16)27(30)31/h4-14H,1-3H3,(H,26,28). The summed E-state index contributed by atoms with van der Waals surface area (Å²) in [5.41, 5.74) is 3.22. The number of amides is 1. The van der Waals surface area contributed by atoms with Gasteiger partial charge in [0.15, 0.2) is 11.5 Å². The minimum atomic E-state index is -0.676. The molecule has 11 nitrogen and oxygen atoms in total. The van der Waals surface area contributed by atoms with E-state index in [9.17, 15) is 19.7 Å². The van der Waals surface area contributed by atoms with Crippen LogP contribution in [0.5, 0.6) is 23.0 Å². The summed E-state index contributed by atoms with van der Waals surface area (Å²) in [6, 6.07) is 14.5. The SMILES string of the molecule is COc1cc(C(=O)NN=Cc2cccc(OC(=O)c3ccc([N+](=O)[O-])cc3)c2)cc(OC)c1OC. The van der Waals surface area contributed by atoms with Crippen molar-refractivity contribution in [3.05, 3.63) is 87.5 Å². The van der Waals surface area contributed by atoms with Crippen LogP contribution >= 0.6 is 0 Å². The summed E-state index contributed by atoms with van der Waals surface area (Å²) in [5.74, 6) is 0.0429. The average Bonchev–Trinajstić information content (AvgIpc) is 2.87. The van der Waals surface area contributed by atoms with Crippen LogP contribution < -0.4 is 24.4 Å². The van der Waals surface area contributed by atoms with Crippen molar-refractivity contribution >= 4 is 23.8 Å². The van der Waals surface area contributed by atoms with Gasteiger partial charge in [0, 0.05) is 17.7 Å². The number of nitrogens with one attached hydrogen (secondary N) is 1. The molecule has 3 rings (SSSR count). The molecule has 0 radical (unpaired) electrons. The number of rotatable bonds is 9. The molecule has 1 N–H and O–H groups in total. The summed E-state index contributed by atoms with van der Waals surface area (Å²) in [6.07, 6.45) is 1.37. The molecule has 0 fully saturated rings. The first kappa shape index (κ1) is 24.7. The summed E-state index contributed by atoms with van der Waals surface area (Å²) in [4.78, 5) is 35.0. The molecule has 0 bridgehead atoms. The van der Waals surface area contributed by atoms with Gasteiger partial charge in [0.2, 0.25) is 5.75 Å². The number of carbonyl (C=O) groups is 2. The maximum absolute atomic E-state index is 12.5. The van der Waals surface area contributed by atoms with Gasteiger partial charge in [-0.25, -0.2) is 10.2 Å². The summed E-state index contributed by atoms with van der Waals surface area (Å²) in [6.45, 7) is 0. The second kappa shape index (κ2) is 11.3. The largest absolute Gasteiger partial charge is 0.493 e. The van der Waals surface area contributed by atoms with Crippen molar-refractivity contribution < 1.29 is 33.5 Å². The molecule has 35 heavy (non-hydrogen) atoms. The number of hydrogen-bond donors (Lipinski definition) is 1. The van der Waals surface area contributed by atoms with Gasteiger partial charge in [0.1, 0.15) is 5.75 Å². The van der Waals surface area contributed by atoms with Crippen LogP contribution in [0.1, 0.15) is 26.3 Å². The number of ether oxygens (including phenoxy) is 4. The molecule has 0 saturated carbocycles. The molecule has 0 aromatic heterocycles. The zero-order valence-corrected chi connectivity index (χ0v) is 19.0. The van der Waals surface area contributed by atoms with Crippen LogP contribution in [-0.2, 0) is 0 Å². The van der Waals surface area contributed by atoms with Gasteiger partial charge in [-0.05, 0) is 42.0 Å². The maximum atomic E-state index is 12.5. The summed E-state index contributed by atoms with van der Waals surface area (Å²) in [7, 11) is 4.35. The number of non-ortho nitro benzene ring substituents is 1. The van der Waals surface area contributed by atoms with E-state index in [1.807, 2.05) is 0 Å². The number of nitro benzene ring substituents is 1. The minimum absolute atomic E-state index is 0.131. The number of nitro groups is 1. The van der Waals surface area contributed by atoms with Gasteiger partial charge in [-0.3, -0.25) is 14.9 Å². The second-order valence-electron chi connectivity index (χ2n) is 6.88. The van der Waals surface area contributed by atoms with E-state index in [2.05, 4.69) is 10.5 Å². The van der Waals surface area contributed by atoms with Gasteiger partial charge >= 0.3 is 5.97 Å². The Bertz CT molecular complexity index is 1250. The molecule has 0 aliphatic rings. The number of carbonyl (C=O) groups excluding carboxylic acids is 2. The van der Waals surface area contributed by atoms with Crippen LogP contribution in [0.4, 0.5) is 5.69 Å². The average molecular weight is 479 g/mol. The van der Waals surface area contributed by atoms with Gasteiger partial charge < -0.3 is 18.9 Å². The zero-order chi connectivity index (χ0) is 25.4. The van der Waals surface area contributed by atoms with Crippen molar-refractivity contribution in [1.82, 2.24) is 5.43 Å². The molecular formula is C24H21N3O8. The molecule has 1 amide bonds. The normalized spacial score (nSPS) is 10.5. The monoisotopic (exact) mass is 479 g/mol. The minimum Gasteiger partial charge on any atom is -0.493 e. The lowest BCUT2D eigenvalue weighted by Crippen LogP contribution is -2.18. The lowest BCUT2D eigenvalue weighted by molar-refractivity contribution is -0.384. The molecule has 0 spiro atoms. The van der Waals surface area contributed by atoms with E-state index in [0.717, 1.165) is 0 Å². The number of methoxy groups -OCH3 is 3. The van der Waals surface area contributed by atoms with E-state index >= 15 is 0 Å². The van der Waals surface area contributed by atoms with Crippen LogP contribution in [0.25, 0.3) is 0 Å². The summed E-state index contributed by atoms with van der Waals surface area (Å²) < 4.78 is 21.0. The highest BCUT2D eigenvalue weighted by molar-refractivity contribution is 5.96. The number of esters is 1. The lowest BCUT2D eigenvalue weighted by atomic mass is 10.1. The Balaban J connectivity index is 1.67. The zero-order valence-electron chi connectivity index (χ0n) is 19.0. The topological polar surface area (TPSA) is 139 Å². The van der Waals surface area contributed by atoms with Gasteiger partial charge in [-0.1, -0.05) is 12.1 Å². The number of benzene rings is 3. The molecule has 0 unspecified atom stereocenters. The molecule has 11 heteroatoms. The molecule has 0 saturated heterocycles. The highest BCUT2D eigenvalue weighted by atomic mass is 16.6. The third-order valence-corrected chi connectivity index (χ3v) is 4.69. The number of hydrogen-bond acceptors (Lipinski definition) is 9. The van der Waals surface area contributed by atoms with Crippen LogP contribution in [0.2, 0.25) is 0 Å². The Hall–Kier alpha value is -4.93. The molecule has 3 aromatic carbocycles. The Kier molecular flexibility index (Phi) is 7.96. The smallest absolute Gasteiger partial charge is 0.343 e. The van der Waals surface area contributed by atoms with E-state index in [1.165, 1.54) is 63.9 Å². The fourth-order valence-electron chi connectivity index (χ4n) is 2.99. The maximum Gasteiger partial charge on any atom is 0.343 e. The van der Waals surface area contributed by atoms with Crippen LogP contribution in [-0.4, -0.2) is 44.3 Å². The molecule has 0 aliphatic heterocycles. The molecule has 0 atom stereocenters. The quantitative estimate of drug-likeness (QED) is 0.161. The van der Waals surface area contributed by atoms with Crippen molar-refractivity contribution in [2.75, 3.05) is 21.3 Å². The Labute approximate surface area is 200 Å². The molecule has 0 aliphatic carbocycles. The van der Waals surface area contributed by atoms with Gasteiger partial charge in [0.25, 0.3) is 11.6 Å². The van der Waals surface area contributed by atoms with Gasteiger partial charge in [-0.15, -0.1) is 0 Å². The fourth-order valence-corrected chi connectivity index (χ4v) is 2.99. The first-order valence-corrected chi connectivity index (χ1v) is 10.1. The summed E-state index contributed by atoms with van der Waals surface area (Å²) >= 11 is 0. The highest BCUT2D eigenvalue weighted by Crippen LogP contribution is 2.38. The first-order valence-electron chi connectivity index (χ1n) is 10.1. The van der Waals surface area contributed by atoms with Crippen molar-refractivity contribution in [2.24, 2.45) is 5.10 Å². The lowest BCUT2D eigenvalue weighted by Gasteiger charge is -2.13. The highest BCUT2D eigenvalue weighted by Gasteiger charge is 2.17.